The molecular formula is C10H18N4OS. The number of anilines is 1. The smallest absolute Gasteiger partial charge is 0.239 e. The third-order valence-electron chi connectivity index (χ3n) is 1.91. The molecule has 0 aliphatic carbocycles. The third kappa shape index (κ3) is 4.57. The molecule has 0 atom stereocenters. The van der Waals surface area contributed by atoms with E-state index in [1.54, 1.807) is 0 Å². The maximum Gasteiger partial charge on any atom is 0.239 e. The van der Waals surface area contributed by atoms with E-state index in [0.29, 0.717) is 0 Å². The maximum absolute atomic E-state index is 11.3. The van der Waals surface area contributed by atoms with Crippen LogP contribution in [-0.4, -0.2) is 28.4 Å². The van der Waals surface area contributed by atoms with E-state index in [4.69, 9.17) is 0 Å². The molecule has 1 aromatic rings. The van der Waals surface area contributed by atoms with Crippen molar-refractivity contribution in [2.45, 2.75) is 33.1 Å². The zero-order valence-electron chi connectivity index (χ0n) is 9.75. The van der Waals surface area contributed by atoms with Gasteiger partial charge in [0.2, 0.25) is 11.0 Å². The Morgan fingerprint density at radius 2 is 2.19 bits per heavy atom. The molecule has 0 aliphatic heterocycles. The molecular weight excluding hydrogens is 224 g/mol. The average Bonchev–Trinajstić information content (AvgIpc) is 2.72. The molecule has 0 bridgehead atoms. The molecule has 0 saturated carbocycles. The molecule has 1 aromatic heterocycles. The quantitative estimate of drug-likeness (QED) is 0.759. The van der Waals surface area contributed by atoms with E-state index in [0.717, 1.165) is 36.8 Å². The number of amides is 1. The first kappa shape index (κ1) is 12.9. The van der Waals surface area contributed by atoms with Crippen molar-refractivity contribution in [3.63, 3.8) is 0 Å². The van der Waals surface area contributed by atoms with Crippen LogP contribution in [0.1, 0.15) is 32.5 Å². The number of rotatable bonds is 7. The van der Waals surface area contributed by atoms with E-state index in [2.05, 4.69) is 26.9 Å². The van der Waals surface area contributed by atoms with Gasteiger partial charge in [-0.2, -0.15) is 4.37 Å². The molecule has 90 valence electrons. The van der Waals surface area contributed by atoms with Crippen LogP contribution in [0.2, 0.25) is 0 Å². The predicted octanol–water partition coefficient (Wildman–Crippen LogP) is 1.43. The molecule has 1 rings (SSSR count). The summed E-state index contributed by atoms with van der Waals surface area (Å²) in [7, 11) is 0. The topological polar surface area (TPSA) is 66.9 Å². The second-order valence-electron chi connectivity index (χ2n) is 3.47. The van der Waals surface area contributed by atoms with Crippen LogP contribution in [0.5, 0.6) is 0 Å². The van der Waals surface area contributed by atoms with Crippen molar-refractivity contribution in [2.75, 3.05) is 18.4 Å². The van der Waals surface area contributed by atoms with Gasteiger partial charge in [0.1, 0.15) is 5.82 Å². The van der Waals surface area contributed by atoms with E-state index in [1.807, 2.05) is 6.92 Å². The highest BCUT2D eigenvalue weighted by Crippen LogP contribution is 2.11. The van der Waals surface area contributed by atoms with Gasteiger partial charge < -0.3 is 10.6 Å². The van der Waals surface area contributed by atoms with Crippen molar-refractivity contribution in [2.24, 2.45) is 0 Å². The molecule has 6 heteroatoms. The number of aryl methyl sites for hydroxylation is 1. The van der Waals surface area contributed by atoms with Gasteiger partial charge in [0, 0.05) is 24.5 Å². The number of nitrogens with zero attached hydrogens (tertiary/aromatic N) is 2. The minimum absolute atomic E-state index is 0.00547. The van der Waals surface area contributed by atoms with E-state index in [1.165, 1.54) is 11.5 Å². The minimum Gasteiger partial charge on any atom is -0.355 e. The Morgan fingerprint density at radius 3 is 2.88 bits per heavy atom. The minimum atomic E-state index is -0.00547. The molecule has 0 saturated heterocycles. The van der Waals surface area contributed by atoms with Gasteiger partial charge in [0.15, 0.2) is 0 Å². The molecule has 5 nitrogen and oxygen atoms in total. The van der Waals surface area contributed by atoms with Crippen molar-refractivity contribution < 1.29 is 4.79 Å². The predicted molar refractivity (Wildman–Crippen MR) is 65.7 cm³/mol. The van der Waals surface area contributed by atoms with Gasteiger partial charge in [-0.1, -0.05) is 13.8 Å². The van der Waals surface area contributed by atoms with Crippen molar-refractivity contribution in [3.8, 4) is 0 Å². The highest BCUT2D eigenvalue weighted by molar-refractivity contribution is 7.09. The standard InChI is InChI=1S/C10H18N4OS/c1-3-5-8-13-10(16-14-8)12-7-9(15)11-6-4-2/h3-7H2,1-2H3,(H,11,15)(H,12,13,14). The van der Waals surface area contributed by atoms with Crippen LogP contribution in [-0.2, 0) is 11.2 Å². The largest absolute Gasteiger partial charge is 0.355 e. The summed E-state index contributed by atoms with van der Waals surface area (Å²) in [6.45, 7) is 5.10. The van der Waals surface area contributed by atoms with Gasteiger partial charge in [0.25, 0.3) is 0 Å². The second-order valence-corrected chi connectivity index (χ2v) is 4.22. The van der Waals surface area contributed by atoms with Gasteiger partial charge in [-0.15, -0.1) is 0 Å². The van der Waals surface area contributed by atoms with Crippen LogP contribution in [0.25, 0.3) is 0 Å². The first-order valence-electron chi connectivity index (χ1n) is 5.59. The monoisotopic (exact) mass is 242 g/mol. The molecule has 0 aromatic carbocycles. The van der Waals surface area contributed by atoms with Gasteiger partial charge >= 0.3 is 0 Å². The Balaban J connectivity index is 2.28. The Bertz CT molecular complexity index is 326. The lowest BCUT2D eigenvalue weighted by Crippen LogP contribution is -2.30. The lowest BCUT2D eigenvalue weighted by atomic mass is 10.3. The number of hydrogen-bond acceptors (Lipinski definition) is 5. The van der Waals surface area contributed by atoms with Crippen molar-refractivity contribution in [1.82, 2.24) is 14.7 Å². The highest BCUT2D eigenvalue weighted by atomic mass is 32.1. The number of nitrogens with one attached hydrogen (secondary N) is 2. The van der Waals surface area contributed by atoms with Gasteiger partial charge in [-0.3, -0.25) is 4.79 Å². The number of carbonyl (C=O) groups excluding carboxylic acids is 1. The van der Waals surface area contributed by atoms with Crippen LogP contribution in [0.4, 0.5) is 5.13 Å². The summed E-state index contributed by atoms with van der Waals surface area (Å²) in [5.74, 6) is 0.845. The van der Waals surface area contributed by atoms with Gasteiger partial charge in [-0.25, -0.2) is 4.98 Å². The summed E-state index contributed by atoms with van der Waals surface area (Å²) in [5.41, 5.74) is 0. The lowest BCUT2D eigenvalue weighted by molar-refractivity contribution is -0.119. The highest BCUT2D eigenvalue weighted by Gasteiger charge is 2.04. The summed E-state index contributed by atoms with van der Waals surface area (Å²) in [6.07, 6.45) is 2.87. The van der Waals surface area contributed by atoms with Crippen LogP contribution in [0, 0.1) is 0 Å². The molecule has 2 N–H and O–H groups in total. The number of aromatic nitrogens is 2. The summed E-state index contributed by atoms with van der Waals surface area (Å²) in [5, 5.41) is 6.47. The second kappa shape index (κ2) is 7.16. The molecule has 0 spiro atoms. The number of carbonyl (C=O) groups is 1. The average molecular weight is 242 g/mol. The molecule has 0 aliphatic rings. The summed E-state index contributed by atoms with van der Waals surface area (Å²) < 4.78 is 4.18. The Kier molecular flexibility index (Phi) is 5.77. The van der Waals surface area contributed by atoms with E-state index < -0.39 is 0 Å². The third-order valence-corrected chi connectivity index (χ3v) is 2.62. The van der Waals surface area contributed by atoms with E-state index in [9.17, 15) is 4.79 Å². The zero-order valence-corrected chi connectivity index (χ0v) is 10.6. The molecule has 0 radical (unpaired) electrons. The Labute approximate surface area is 99.8 Å². The van der Waals surface area contributed by atoms with E-state index >= 15 is 0 Å². The fraction of sp³-hybridized carbons (Fsp3) is 0.700. The van der Waals surface area contributed by atoms with Crippen LogP contribution < -0.4 is 10.6 Å². The fourth-order valence-corrected chi connectivity index (χ4v) is 1.74. The van der Waals surface area contributed by atoms with E-state index in [-0.39, 0.29) is 12.5 Å². The van der Waals surface area contributed by atoms with Crippen molar-refractivity contribution >= 4 is 22.6 Å². The Hall–Kier alpha value is -1.17. The zero-order chi connectivity index (χ0) is 11.8. The summed E-state index contributed by atoms with van der Waals surface area (Å²) in [6, 6.07) is 0. The normalized spacial score (nSPS) is 10.1. The molecule has 1 heterocycles. The first-order chi connectivity index (χ1) is 7.76. The molecule has 16 heavy (non-hydrogen) atoms. The fourth-order valence-electron chi connectivity index (χ4n) is 1.13. The first-order valence-corrected chi connectivity index (χ1v) is 6.36. The molecule has 0 fully saturated rings. The summed E-state index contributed by atoms with van der Waals surface area (Å²) >= 11 is 1.30. The van der Waals surface area contributed by atoms with Crippen molar-refractivity contribution in [3.05, 3.63) is 5.82 Å². The Morgan fingerprint density at radius 1 is 1.38 bits per heavy atom. The van der Waals surface area contributed by atoms with Crippen molar-refractivity contribution in [1.29, 1.82) is 0 Å². The van der Waals surface area contributed by atoms with Crippen LogP contribution in [0.3, 0.4) is 0 Å². The van der Waals surface area contributed by atoms with Gasteiger partial charge in [-0.05, 0) is 12.8 Å². The van der Waals surface area contributed by atoms with Crippen LogP contribution in [0.15, 0.2) is 0 Å². The van der Waals surface area contributed by atoms with Crippen LogP contribution >= 0.6 is 11.5 Å². The lowest BCUT2D eigenvalue weighted by Gasteiger charge is -2.03. The summed E-state index contributed by atoms with van der Waals surface area (Å²) in [4.78, 5) is 15.6. The SMILES string of the molecule is CCCNC(=O)CNc1nc(CCC)ns1. The molecule has 1 amide bonds. The number of hydrogen-bond donors (Lipinski definition) is 2. The molecule has 0 unspecified atom stereocenters. The van der Waals surface area contributed by atoms with Gasteiger partial charge in [0.05, 0.1) is 6.54 Å². The maximum atomic E-state index is 11.3.